The van der Waals surface area contributed by atoms with Crippen molar-refractivity contribution in [2.75, 3.05) is 0 Å². The van der Waals surface area contributed by atoms with Crippen LogP contribution in [0.1, 0.15) is 12.8 Å². The highest BCUT2D eigenvalue weighted by Crippen LogP contribution is 2.30. The van der Waals surface area contributed by atoms with Crippen LogP contribution in [0.2, 0.25) is 0 Å². The monoisotopic (exact) mass is 174 g/mol. The average Bonchev–Trinajstić information content (AvgIpc) is 2.74. The van der Waals surface area contributed by atoms with Gasteiger partial charge in [0.2, 0.25) is 0 Å². The highest BCUT2D eigenvalue weighted by Gasteiger charge is 2.18. The molecule has 0 saturated carbocycles. The minimum atomic E-state index is -0.823. The lowest BCUT2D eigenvalue weighted by molar-refractivity contribution is -0.132. The van der Waals surface area contributed by atoms with Crippen molar-refractivity contribution in [2.24, 2.45) is 0 Å². The van der Waals surface area contributed by atoms with Crippen LogP contribution in [-0.2, 0) is 4.79 Å². The van der Waals surface area contributed by atoms with E-state index < -0.39 is 5.97 Å². The molecule has 13 heavy (non-hydrogen) atoms. The minimum absolute atomic E-state index is 0.454. The van der Waals surface area contributed by atoms with Gasteiger partial charge in [-0.2, -0.15) is 0 Å². The molecule has 0 aliphatic heterocycles. The summed E-state index contributed by atoms with van der Waals surface area (Å²) in [6, 6.07) is 0. The maximum atomic E-state index is 10.8. The molecule has 0 atom stereocenters. The Kier molecular flexibility index (Phi) is 1.89. The first-order valence-corrected chi connectivity index (χ1v) is 4.28. The van der Waals surface area contributed by atoms with Gasteiger partial charge in [-0.25, -0.2) is 4.79 Å². The van der Waals surface area contributed by atoms with E-state index in [2.05, 4.69) is 0 Å². The van der Waals surface area contributed by atoms with Crippen molar-refractivity contribution in [1.82, 2.24) is 0 Å². The van der Waals surface area contributed by atoms with E-state index >= 15 is 0 Å². The molecule has 0 saturated heterocycles. The van der Waals surface area contributed by atoms with Crippen LogP contribution in [-0.4, -0.2) is 11.1 Å². The Bertz CT molecular complexity index is 368. The van der Waals surface area contributed by atoms with Crippen LogP contribution in [0.3, 0.4) is 0 Å². The van der Waals surface area contributed by atoms with Crippen LogP contribution in [0.4, 0.5) is 0 Å². The number of carboxylic acid groups (broad SMARTS) is 1. The molecule has 2 aliphatic rings. The van der Waals surface area contributed by atoms with Crippen molar-refractivity contribution in [2.45, 2.75) is 12.8 Å². The van der Waals surface area contributed by atoms with Crippen LogP contribution in [0.25, 0.3) is 0 Å². The van der Waals surface area contributed by atoms with Gasteiger partial charge in [-0.15, -0.1) is 0 Å². The SMILES string of the molecule is O=C(O)C1=C(C2=CC=CC2)CC=C1. The Labute approximate surface area is 76.6 Å². The van der Waals surface area contributed by atoms with Gasteiger partial charge in [0.05, 0.1) is 5.57 Å². The fraction of sp³-hybridized carbons (Fsp3) is 0.182. The van der Waals surface area contributed by atoms with Crippen molar-refractivity contribution in [3.05, 3.63) is 47.1 Å². The number of carboxylic acids is 1. The Balaban J connectivity index is 2.33. The van der Waals surface area contributed by atoms with E-state index in [1.165, 1.54) is 0 Å². The van der Waals surface area contributed by atoms with Crippen LogP contribution < -0.4 is 0 Å². The standard InChI is InChI=1S/C11H10O2/c12-11(13)10-7-3-6-9(10)8-4-1-2-5-8/h1-4,7H,5-6H2,(H,12,13). The number of allylic oxidation sites excluding steroid dienone is 6. The topological polar surface area (TPSA) is 37.3 Å². The van der Waals surface area contributed by atoms with E-state index in [0.29, 0.717) is 5.57 Å². The predicted molar refractivity (Wildman–Crippen MR) is 50.3 cm³/mol. The van der Waals surface area contributed by atoms with Crippen molar-refractivity contribution in [3.63, 3.8) is 0 Å². The summed E-state index contributed by atoms with van der Waals surface area (Å²) >= 11 is 0. The molecule has 2 rings (SSSR count). The van der Waals surface area contributed by atoms with Gasteiger partial charge in [0.15, 0.2) is 0 Å². The molecule has 0 aromatic rings. The zero-order valence-corrected chi connectivity index (χ0v) is 7.16. The smallest absolute Gasteiger partial charge is 0.335 e. The summed E-state index contributed by atoms with van der Waals surface area (Å²) in [6.07, 6.45) is 11.2. The summed E-state index contributed by atoms with van der Waals surface area (Å²) in [7, 11) is 0. The first-order chi connectivity index (χ1) is 6.29. The van der Waals surface area contributed by atoms with Crippen LogP contribution >= 0.6 is 0 Å². The number of rotatable bonds is 2. The summed E-state index contributed by atoms with van der Waals surface area (Å²) < 4.78 is 0. The van der Waals surface area contributed by atoms with E-state index in [0.717, 1.165) is 24.0 Å². The summed E-state index contributed by atoms with van der Waals surface area (Å²) in [5.74, 6) is -0.823. The molecule has 2 aliphatic carbocycles. The number of carbonyl (C=O) groups is 1. The van der Waals surface area contributed by atoms with Gasteiger partial charge in [0.25, 0.3) is 0 Å². The van der Waals surface area contributed by atoms with E-state index in [1.54, 1.807) is 6.08 Å². The second-order valence-electron chi connectivity index (χ2n) is 3.13. The molecule has 0 aromatic heterocycles. The third kappa shape index (κ3) is 1.35. The molecular weight excluding hydrogens is 164 g/mol. The molecule has 2 heteroatoms. The molecule has 0 spiro atoms. The first kappa shape index (κ1) is 8.05. The molecule has 66 valence electrons. The summed E-state index contributed by atoms with van der Waals surface area (Å²) in [5, 5.41) is 8.89. The Morgan fingerprint density at radius 1 is 1.31 bits per heavy atom. The van der Waals surface area contributed by atoms with E-state index in [9.17, 15) is 4.79 Å². The number of aliphatic carboxylic acids is 1. The lowest BCUT2D eigenvalue weighted by Gasteiger charge is -2.04. The normalized spacial score (nSPS) is 19.8. The Morgan fingerprint density at radius 3 is 2.77 bits per heavy atom. The van der Waals surface area contributed by atoms with E-state index in [1.807, 2.05) is 24.3 Å². The van der Waals surface area contributed by atoms with Gasteiger partial charge >= 0.3 is 5.97 Å². The number of hydrogen-bond acceptors (Lipinski definition) is 1. The van der Waals surface area contributed by atoms with Gasteiger partial charge in [-0.05, 0) is 24.0 Å². The van der Waals surface area contributed by atoms with Gasteiger partial charge in [-0.1, -0.05) is 30.4 Å². The second kappa shape index (κ2) is 3.05. The summed E-state index contributed by atoms with van der Waals surface area (Å²) in [5.41, 5.74) is 2.56. The van der Waals surface area contributed by atoms with Crippen molar-refractivity contribution in [3.8, 4) is 0 Å². The molecule has 0 heterocycles. The van der Waals surface area contributed by atoms with Crippen molar-refractivity contribution in [1.29, 1.82) is 0 Å². The third-order valence-electron chi connectivity index (χ3n) is 2.32. The van der Waals surface area contributed by atoms with E-state index in [-0.39, 0.29) is 0 Å². The fourth-order valence-corrected chi connectivity index (χ4v) is 1.68. The maximum Gasteiger partial charge on any atom is 0.335 e. The summed E-state index contributed by atoms with van der Waals surface area (Å²) in [4.78, 5) is 10.8. The molecule has 0 unspecified atom stereocenters. The maximum absolute atomic E-state index is 10.8. The van der Waals surface area contributed by atoms with E-state index in [4.69, 9.17) is 5.11 Å². The Hall–Kier alpha value is -1.57. The van der Waals surface area contributed by atoms with Crippen LogP contribution in [0.15, 0.2) is 47.1 Å². The third-order valence-corrected chi connectivity index (χ3v) is 2.32. The van der Waals surface area contributed by atoms with Crippen LogP contribution in [0, 0.1) is 0 Å². The molecule has 0 fully saturated rings. The zero-order valence-electron chi connectivity index (χ0n) is 7.16. The van der Waals surface area contributed by atoms with Crippen LogP contribution in [0.5, 0.6) is 0 Å². The molecular formula is C11H10O2. The highest BCUT2D eigenvalue weighted by atomic mass is 16.4. The lowest BCUT2D eigenvalue weighted by atomic mass is 10.0. The second-order valence-corrected chi connectivity index (χ2v) is 3.13. The predicted octanol–water partition coefficient (Wildman–Crippen LogP) is 2.21. The van der Waals surface area contributed by atoms with Gasteiger partial charge < -0.3 is 5.11 Å². The first-order valence-electron chi connectivity index (χ1n) is 4.28. The van der Waals surface area contributed by atoms with Crippen molar-refractivity contribution >= 4 is 5.97 Å². The fourth-order valence-electron chi connectivity index (χ4n) is 1.68. The summed E-state index contributed by atoms with van der Waals surface area (Å²) in [6.45, 7) is 0. The quantitative estimate of drug-likeness (QED) is 0.696. The van der Waals surface area contributed by atoms with Gasteiger partial charge in [0.1, 0.15) is 0 Å². The average molecular weight is 174 g/mol. The minimum Gasteiger partial charge on any atom is -0.478 e. The van der Waals surface area contributed by atoms with Gasteiger partial charge in [-0.3, -0.25) is 0 Å². The van der Waals surface area contributed by atoms with Crippen molar-refractivity contribution < 1.29 is 9.90 Å². The lowest BCUT2D eigenvalue weighted by Crippen LogP contribution is -2.00. The largest absolute Gasteiger partial charge is 0.478 e. The molecule has 0 aromatic carbocycles. The Morgan fingerprint density at radius 2 is 2.15 bits per heavy atom. The highest BCUT2D eigenvalue weighted by molar-refractivity contribution is 5.93. The zero-order chi connectivity index (χ0) is 9.26. The molecule has 0 amide bonds. The molecule has 0 radical (unpaired) electrons. The number of hydrogen-bond donors (Lipinski definition) is 1. The molecule has 1 N–H and O–H groups in total. The molecule has 0 bridgehead atoms. The van der Waals surface area contributed by atoms with Gasteiger partial charge in [0, 0.05) is 0 Å². The molecule has 2 nitrogen and oxygen atoms in total.